The summed E-state index contributed by atoms with van der Waals surface area (Å²) >= 11 is 0. The van der Waals surface area contributed by atoms with Crippen LogP contribution in [-0.2, 0) is 14.3 Å². The average Bonchev–Trinajstić information content (AvgIpc) is 2.46. The molecule has 2 heterocycles. The van der Waals surface area contributed by atoms with E-state index >= 15 is 0 Å². The Morgan fingerprint density at radius 2 is 1.95 bits per heavy atom. The third-order valence-electron chi connectivity index (χ3n) is 3.96. The predicted octanol–water partition coefficient (Wildman–Crippen LogP) is 0.982. The number of rotatable bonds is 5. The van der Waals surface area contributed by atoms with Crippen LogP contribution in [-0.4, -0.2) is 74.4 Å². The Balaban J connectivity index is 1.62. The van der Waals surface area contributed by atoms with Crippen LogP contribution in [0.5, 0.6) is 0 Å². The molecule has 5 nitrogen and oxygen atoms in total. The number of piperazine rings is 1. The van der Waals surface area contributed by atoms with Crippen LogP contribution < -0.4 is 0 Å². The Morgan fingerprint density at radius 3 is 2.55 bits per heavy atom. The molecule has 0 radical (unpaired) electrons. The van der Waals surface area contributed by atoms with E-state index in [-0.39, 0.29) is 6.10 Å². The van der Waals surface area contributed by atoms with E-state index in [0.717, 1.165) is 59.0 Å². The number of ether oxygens (including phenoxy) is 2. The third-order valence-corrected chi connectivity index (χ3v) is 3.96. The van der Waals surface area contributed by atoms with Gasteiger partial charge in [-0.15, -0.1) is 0 Å². The monoisotopic (exact) mass is 284 g/mol. The van der Waals surface area contributed by atoms with Crippen LogP contribution in [0.15, 0.2) is 0 Å². The highest BCUT2D eigenvalue weighted by Gasteiger charge is 2.22. The van der Waals surface area contributed by atoms with Gasteiger partial charge in [-0.2, -0.15) is 0 Å². The first-order chi connectivity index (χ1) is 9.65. The smallest absolute Gasteiger partial charge is 0.222 e. The summed E-state index contributed by atoms with van der Waals surface area (Å²) < 4.78 is 11.1. The molecule has 2 aliphatic rings. The molecule has 0 bridgehead atoms. The van der Waals surface area contributed by atoms with Gasteiger partial charge >= 0.3 is 0 Å². The SMILES string of the molecule is CC(C)CC(=O)N1CCN(CCC2COCCO2)CC1. The minimum atomic E-state index is 0.254. The zero-order chi connectivity index (χ0) is 14.4. The van der Waals surface area contributed by atoms with E-state index < -0.39 is 0 Å². The number of carbonyl (C=O) groups excluding carboxylic acids is 1. The number of hydrogen-bond donors (Lipinski definition) is 0. The number of nitrogens with zero attached hydrogens (tertiary/aromatic N) is 2. The van der Waals surface area contributed by atoms with Crippen molar-refractivity contribution in [2.45, 2.75) is 32.8 Å². The molecule has 0 spiro atoms. The summed E-state index contributed by atoms with van der Waals surface area (Å²) in [5.41, 5.74) is 0. The summed E-state index contributed by atoms with van der Waals surface area (Å²) in [5, 5.41) is 0. The molecule has 0 aliphatic carbocycles. The summed E-state index contributed by atoms with van der Waals surface area (Å²) in [5.74, 6) is 0.757. The van der Waals surface area contributed by atoms with Gasteiger partial charge in [-0.25, -0.2) is 0 Å². The highest BCUT2D eigenvalue weighted by Crippen LogP contribution is 2.10. The van der Waals surface area contributed by atoms with Gasteiger partial charge in [0, 0.05) is 39.1 Å². The molecule has 0 aromatic rings. The van der Waals surface area contributed by atoms with Crippen LogP contribution in [0.1, 0.15) is 26.7 Å². The van der Waals surface area contributed by atoms with Crippen LogP contribution in [0, 0.1) is 5.92 Å². The second-order valence-corrected chi connectivity index (χ2v) is 6.18. The molecule has 1 unspecified atom stereocenters. The van der Waals surface area contributed by atoms with Crippen molar-refractivity contribution in [2.75, 3.05) is 52.5 Å². The highest BCUT2D eigenvalue weighted by atomic mass is 16.6. The zero-order valence-corrected chi connectivity index (χ0v) is 12.8. The molecule has 0 aromatic heterocycles. The van der Waals surface area contributed by atoms with E-state index in [1.807, 2.05) is 4.90 Å². The van der Waals surface area contributed by atoms with Crippen LogP contribution in [0.25, 0.3) is 0 Å². The fraction of sp³-hybridized carbons (Fsp3) is 0.933. The van der Waals surface area contributed by atoms with Crippen molar-refractivity contribution in [3.8, 4) is 0 Å². The van der Waals surface area contributed by atoms with Gasteiger partial charge < -0.3 is 14.4 Å². The van der Waals surface area contributed by atoms with Gasteiger partial charge in [0.15, 0.2) is 0 Å². The zero-order valence-electron chi connectivity index (χ0n) is 12.8. The van der Waals surface area contributed by atoms with Gasteiger partial charge in [-0.1, -0.05) is 13.8 Å². The second kappa shape index (κ2) is 7.96. The summed E-state index contributed by atoms with van der Waals surface area (Å²) in [6.45, 7) is 11.1. The Kier molecular flexibility index (Phi) is 6.26. The molecule has 1 amide bonds. The molecule has 2 aliphatic heterocycles. The largest absolute Gasteiger partial charge is 0.376 e. The van der Waals surface area contributed by atoms with Crippen molar-refractivity contribution in [1.82, 2.24) is 9.80 Å². The fourth-order valence-corrected chi connectivity index (χ4v) is 2.73. The van der Waals surface area contributed by atoms with Crippen molar-refractivity contribution < 1.29 is 14.3 Å². The lowest BCUT2D eigenvalue weighted by Crippen LogP contribution is -2.49. The Bertz CT molecular complexity index is 295. The average molecular weight is 284 g/mol. The van der Waals surface area contributed by atoms with Gasteiger partial charge in [-0.05, 0) is 12.3 Å². The first-order valence-electron chi connectivity index (χ1n) is 7.84. The van der Waals surface area contributed by atoms with E-state index in [4.69, 9.17) is 9.47 Å². The van der Waals surface area contributed by atoms with E-state index in [1.165, 1.54) is 0 Å². The van der Waals surface area contributed by atoms with Gasteiger partial charge in [0.25, 0.3) is 0 Å². The van der Waals surface area contributed by atoms with Crippen molar-refractivity contribution in [3.05, 3.63) is 0 Å². The van der Waals surface area contributed by atoms with Crippen LogP contribution in [0.2, 0.25) is 0 Å². The van der Waals surface area contributed by atoms with E-state index in [0.29, 0.717) is 18.2 Å². The lowest BCUT2D eigenvalue weighted by atomic mass is 10.1. The lowest BCUT2D eigenvalue weighted by Gasteiger charge is -2.36. The number of carbonyl (C=O) groups is 1. The molecule has 0 N–H and O–H groups in total. The van der Waals surface area contributed by atoms with E-state index in [1.54, 1.807) is 0 Å². The van der Waals surface area contributed by atoms with Crippen molar-refractivity contribution in [3.63, 3.8) is 0 Å². The molecule has 2 fully saturated rings. The molecule has 20 heavy (non-hydrogen) atoms. The number of amides is 1. The summed E-state index contributed by atoms with van der Waals surface area (Å²) in [6.07, 6.45) is 1.96. The molecule has 0 saturated carbocycles. The summed E-state index contributed by atoms with van der Waals surface area (Å²) in [4.78, 5) is 16.4. The first-order valence-corrected chi connectivity index (χ1v) is 7.84. The quantitative estimate of drug-likeness (QED) is 0.755. The van der Waals surface area contributed by atoms with Crippen LogP contribution in [0.3, 0.4) is 0 Å². The Morgan fingerprint density at radius 1 is 1.20 bits per heavy atom. The molecular formula is C15H28N2O3. The maximum absolute atomic E-state index is 12.0. The third kappa shape index (κ3) is 5.04. The molecular weight excluding hydrogens is 256 g/mol. The van der Waals surface area contributed by atoms with Crippen LogP contribution >= 0.6 is 0 Å². The van der Waals surface area contributed by atoms with Gasteiger partial charge in [0.05, 0.1) is 25.9 Å². The van der Waals surface area contributed by atoms with E-state index in [2.05, 4.69) is 18.7 Å². The Hall–Kier alpha value is -0.650. The molecule has 0 aromatic carbocycles. The van der Waals surface area contributed by atoms with E-state index in [9.17, 15) is 4.79 Å². The molecule has 2 rings (SSSR count). The van der Waals surface area contributed by atoms with Crippen LogP contribution in [0.4, 0.5) is 0 Å². The topological polar surface area (TPSA) is 42.0 Å². The first kappa shape index (κ1) is 15.7. The maximum Gasteiger partial charge on any atom is 0.222 e. The highest BCUT2D eigenvalue weighted by molar-refractivity contribution is 5.76. The normalized spacial score (nSPS) is 25.1. The minimum absolute atomic E-state index is 0.254. The van der Waals surface area contributed by atoms with Gasteiger partial charge in [0.1, 0.15) is 0 Å². The maximum atomic E-state index is 12.0. The van der Waals surface area contributed by atoms with Gasteiger partial charge in [-0.3, -0.25) is 9.69 Å². The second-order valence-electron chi connectivity index (χ2n) is 6.18. The summed E-state index contributed by atoms with van der Waals surface area (Å²) in [7, 11) is 0. The molecule has 5 heteroatoms. The van der Waals surface area contributed by atoms with Gasteiger partial charge in [0.2, 0.25) is 5.91 Å². The molecule has 1 atom stereocenters. The van der Waals surface area contributed by atoms with Crippen molar-refractivity contribution in [2.24, 2.45) is 5.92 Å². The Labute approximate surface area is 122 Å². The molecule has 2 saturated heterocycles. The predicted molar refractivity (Wildman–Crippen MR) is 77.7 cm³/mol. The standard InChI is InChI=1S/C15H28N2O3/c1-13(2)11-15(18)17-7-5-16(6-8-17)4-3-14-12-19-9-10-20-14/h13-14H,3-12H2,1-2H3. The minimum Gasteiger partial charge on any atom is -0.376 e. The molecule has 116 valence electrons. The number of hydrogen-bond acceptors (Lipinski definition) is 4. The fourth-order valence-electron chi connectivity index (χ4n) is 2.73. The van der Waals surface area contributed by atoms with Crippen molar-refractivity contribution in [1.29, 1.82) is 0 Å². The lowest BCUT2D eigenvalue weighted by molar-refractivity contribution is -0.133. The summed E-state index contributed by atoms with van der Waals surface area (Å²) in [6, 6.07) is 0. The van der Waals surface area contributed by atoms with Crippen molar-refractivity contribution >= 4 is 5.91 Å².